The van der Waals surface area contributed by atoms with Gasteiger partial charge in [-0.1, -0.05) is 6.92 Å². The fourth-order valence-corrected chi connectivity index (χ4v) is 3.60. The van der Waals surface area contributed by atoms with Crippen molar-refractivity contribution in [1.29, 1.82) is 0 Å². The number of halogens is 3. The van der Waals surface area contributed by atoms with Gasteiger partial charge < -0.3 is 15.1 Å². The number of piperazine rings is 1. The largest absolute Gasteiger partial charge is 0.403 e. The molecule has 1 N–H and O–H groups in total. The van der Waals surface area contributed by atoms with E-state index in [9.17, 15) is 13.2 Å². The number of alkyl halides is 3. The monoisotopic (exact) mass is 363 g/mol. The number of aliphatic imine (C=N–C) groups is 1. The maximum absolute atomic E-state index is 12.8. The first-order valence-corrected chi connectivity index (χ1v) is 9.30. The molecule has 2 saturated heterocycles. The minimum atomic E-state index is -4.16. The molecule has 0 amide bonds. The van der Waals surface area contributed by atoms with Crippen LogP contribution < -0.4 is 5.32 Å². The van der Waals surface area contributed by atoms with Crippen molar-refractivity contribution in [3.8, 4) is 0 Å². The molecule has 146 valence electrons. The number of hydrogen-bond acceptors (Lipinski definition) is 3. The van der Waals surface area contributed by atoms with Crippen molar-refractivity contribution in [1.82, 2.24) is 20.0 Å². The second-order valence-electron chi connectivity index (χ2n) is 7.28. The Morgan fingerprint density at radius 2 is 1.64 bits per heavy atom. The third kappa shape index (κ3) is 6.02. The lowest BCUT2D eigenvalue weighted by Gasteiger charge is -2.39. The standard InChI is InChI=1S/C17H32F3N5/c1-14(13-23-6-4-5-7-23)12-22-16(21-3)25-10-8-24(9-11-25)15(2)17(18,19)20/h14-15H,4-13H2,1-3H3,(H,21,22). The molecular formula is C17H32F3N5. The molecular weight excluding hydrogens is 331 g/mol. The Bertz CT molecular complexity index is 426. The Hall–Kier alpha value is -1.02. The van der Waals surface area contributed by atoms with E-state index >= 15 is 0 Å². The molecule has 0 bridgehead atoms. The minimum Gasteiger partial charge on any atom is -0.356 e. The normalized spacial score (nSPS) is 23.8. The minimum absolute atomic E-state index is 0.407. The van der Waals surface area contributed by atoms with Crippen LogP contribution in [0.1, 0.15) is 26.7 Å². The van der Waals surface area contributed by atoms with Crippen LogP contribution in [-0.4, -0.2) is 92.3 Å². The van der Waals surface area contributed by atoms with Crippen molar-refractivity contribution in [2.45, 2.75) is 38.9 Å². The van der Waals surface area contributed by atoms with E-state index in [0.717, 1.165) is 19.0 Å². The van der Waals surface area contributed by atoms with Crippen molar-refractivity contribution in [2.75, 3.05) is 59.4 Å². The molecule has 25 heavy (non-hydrogen) atoms. The summed E-state index contributed by atoms with van der Waals surface area (Å²) < 4.78 is 38.5. The summed E-state index contributed by atoms with van der Waals surface area (Å²) in [4.78, 5) is 10.4. The van der Waals surface area contributed by atoms with Gasteiger partial charge in [-0.2, -0.15) is 13.2 Å². The lowest BCUT2D eigenvalue weighted by molar-refractivity contribution is -0.181. The van der Waals surface area contributed by atoms with E-state index in [2.05, 4.69) is 27.0 Å². The van der Waals surface area contributed by atoms with Crippen molar-refractivity contribution < 1.29 is 13.2 Å². The zero-order valence-electron chi connectivity index (χ0n) is 15.6. The maximum atomic E-state index is 12.8. The number of nitrogens with zero attached hydrogens (tertiary/aromatic N) is 4. The molecule has 2 aliphatic heterocycles. The van der Waals surface area contributed by atoms with Crippen LogP contribution in [0.4, 0.5) is 13.2 Å². The van der Waals surface area contributed by atoms with E-state index in [-0.39, 0.29) is 0 Å². The first kappa shape index (κ1) is 20.3. The topological polar surface area (TPSA) is 34.1 Å². The van der Waals surface area contributed by atoms with Gasteiger partial charge >= 0.3 is 6.18 Å². The first-order chi connectivity index (χ1) is 11.8. The molecule has 0 radical (unpaired) electrons. The second kappa shape index (κ2) is 9.07. The van der Waals surface area contributed by atoms with E-state index < -0.39 is 12.2 Å². The van der Waals surface area contributed by atoms with Crippen LogP contribution >= 0.6 is 0 Å². The molecule has 2 unspecified atom stereocenters. The highest BCUT2D eigenvalue weighted by molar-refractivity contribution is 5.80. The SMILES string of the molecule is CN=C(NCC(C)CN1CCCC1)N1CCN(C(C)C(F)(F)F)CC1. The highest BCUT2D eigenvalue weighted by Crippen LogP contribution is 2.25. The van der Waals surface area contributed by atoms with Gasteiger partial charge in [0.1, 0.15) is 6.04 Å². The van der Waals surface area contributed by atoms with Gasteiger partial charge in [0, 0.05) is 46.3 Å². The van der Waals surface area contributed by atoms with Gasteiger partial charge in [-0.05, 0) is 38.8 Å². The molecule has 0 aliphatic carbocycles. The maximum Gasteiger partial charge on any atom is 0.403 e. The lowest BCUT2D eigenvalue weighted by Crippen LogP contribution is -2.57. The molecule has 0 aromatic rings. The second-order valence-corrected chi connectivity index (χ2v) is 7.28. The number of likely N-dealkylation sites (tertiary alicyclic amines) is 1. The van der Waals surface area contributed by atoms with Crippen LogP contribution in [0.2, 0.25) is 0 Å². The van der Waals surface area contributed by atoms with Crippen LogP contribution in [0.3, 0.4) is 0 Å². The van der Waals surface area contributed by atoms with Gasteiger partial charge in [-0.25, -0.2) is 0 Å². The van der Waals surface area contributed by atoms with Crippen molar-refractivity contribution >= 4 is 5.96 Å². The zero-order chi connectivity index (χ0) is 18.4. The average Bonchev–Trinajstić information content (AvgIpc) is 3.07. The van der Waals surface area contributed by atoms with Gasteiger partial charge in [0.05, 0.1) is 0 Å². The summed E-state index contributed by atoms with van der Waals surface area (Å²) in [7, 11) is 1.73. The fraction of sp³-hybridized carbons (Fsp3) is 0.941. The van der Waals surface area contributed by atoms with E-state index in [0.29, 0.717) is 32.1 Å². The first-order valence-electron chi connectivity index (χ1n) is 9.30. The molecule has 2 fully saturated rings. The Kier molecular flexibility index (Phi) is 7.37. The van der Waals surface area contributed by atoms with E-state index in [1.807, 2.05) is 0 Å². The molecule has 8 heteroatoms. The summed E-state index contributed by atoms with van der Waals surface area (Å²) in [6.45, 7) is 9.72. The van der Waals surface area contributed by atoms with E-state index in [1.54, 1.807) is 7.05 Å². The Labute approximate surface area is 149 Å². The van der Waals surface area contributed by atoms with Crippen LogP contribution in [-0.2, 0) is 0 Å². The summed E-state index contributed by atoms with van der Waals surface area (Å²) in [5.41, 5.74) is 0. The quantitative estimate of drug-likeness (QED) is 0.597. The third-order valence-corrected chi connectivity index (χ3v) is 5.22. The summed E-state index contributed by atoms with van der Waals surface area (Å²) >= 11 is 0. The number of guanidine groups is 1. The molecule has 2 heterocycles. The predicted molar refractivity (Wildman–Crippen MR) is 94.9 cm³/mol. The molecule has 0 saturated carbocycles. The third-order valence-electron chi connectivity index (χ3n) is 5.22. The molecule has 2 aliphatic rings. The highest BCUT2D eigenvalue weighted by Gasteiger charge is 2.41. The fourth-order valence-electron chi connectivity index (χ4n) is 3.60. The van der Waals surface area contributed by atoms with Gasteiger partial charge in [-0.15, -0.1) is 0 Å². The summed E-state index contributed by atoms with van der Waals surface area (Å²) in [6, 6.07) is -1.38. The zero-order valence-corrected chi connectivity index (χ0v) is 15.6. The molecule has 0 aromatic carbocycles. The Balaban J connectivity index is 1.74. The average molecular weight is 363 g/mol. The van der Waals surface area contributed by atoms with Gasteiger partial charge in [0.15, 0.2) is 5.96 Å². The van der Waals surface area contributed by atoms with Crippen LogP contribution in [0.5, 0.6) is 0 Å². The molecule has 2 rings (SSSR count). The van der Waals surface area contributed by atoms with Crippen molar-refractivity contribution in [3.05, 3.63) is 0 Å². The number of nitrogens with one attached hydrogen (secondary N) is 1. The van der Waals surface area contributed by atoms with E-state index in [1.165, 1.54) is 37.8 Å². The number of hydrogen-bond donors (Lipinski definition) is 1. The van der Waals surface area contributed by atoms with Gasteiger partial charge in [-0.3, -0.25) is 9.89 Å². The summed E-state index contributed by atoms with van der Waals surface area (Å²) in [5, 5.41) is 3.40. The van der Waals surface area contributed by atoms with Gasteiger partial charge in [0.2, 0.25) is 0 Å². The van der Waals surface area contributed by atoms with Crippen LogP contribution in [0.25, 0.3) is 0 Å². The molecule has 2 atom stereocenters. The summed E-state index contributed by atoms with van der Waals surface area (Å²) in [6.07, 6.45) is -1.57. The predicted octanol–water partition coefficient (Wildman–Crippen LogP) is 1.86. The smallest absolute Gasteiger partial charge is 0.356 e. The van der Waals surface area contributed by atoms with Crippen molar-refractivity contribution in [2.24, 2.45) is 10.9 Å². The molecule has 5 nitrogen and oxygen atoms in total. The van der Waals surface area contributed by atoms with E-state index in [4.69, 9.17) is 0 Å². The van der Waals surface area contributed by atoms with Crippen LogP contribution in [0, 0.1) is 5.92 Å². The number of rotatable bonds is 5. The molecule has 0 aromatic heterocycles. The molecule has 0 spiro atoms. The Morgan fingerprint density at radius 3 is 2.16 bits per heavy atom. The van der Waals surface area contributed by atoms with Crippen LogP contribution in [0.15, 0.2) is 4.99 Å². The highest BCUT2D eigenvalue weighted by atomic mass is 19.4. The van der Waals surface area contributed by atoms with Gasteiger partial charge in [0.25, 0.3) is 0 Å². The summed E-state index contributed by atoms with van der Waals surface area (Å²) in [5.74, 6) is 1.31. The van der Waals surface area contributed by atoms with Crippen molar-refractivity contribution in [3.63, 3.8) is 0 Å². The lowest BCUT2D eigenvalue weighted by atomic mass is 10.1. The Morgan fingerprint density at radius 1 is 1.04 bits per heavy atom.